The molecule has 0 radical (unpaired) electrons. The van der Waals surface area contributed by atoms with Crippen LogP contribution in [0.4, 0.5) is 4.79 Å². The summed E-state index contributed by atoms with van der Waals surface area (Å²) >= 11 is 3.16. The van der Waals surface area contributed by atoms with Gasteiger partial charge in [0, 0.05) is 16.3 Å². The van der Waals surface area contributed by atoms with E-state index in [0.29, 0.717) is 0 Å². The van der Waals surface area contributed by atoms with Gasteiger partial charge in [0.25, 0.3) is 0 Å². The highest BCUT2D eigenvalue weighted by molar-refractivity contribution is 8.00. The van der Waals surface area contributed by atoms with Crippen LogP contribution in [0.2, 0.25) is 0 Å². The number of nitrogens with one attached hydrogen (secondary N) is 2. The molecular weight excluding hydrogens is 392 g/mol. The molecule has 1 saturated carbocycles. The number of hydrogen-bond acceptors (Lipinski definition) is 6. The first-order chi connectivity index (χ1) is 13.6. The Morgan fingerprint density at radius 3 is 2.75 bits per heavy atom. The van der Waals surface area contributed by atoms with Crippen molar-refractivity contribution in [3.63, 3.8) is 0 Å². The van der Waals surface area contributed by atoms with Gasteiger partial charge in [-0.05, 0) is 51.0 Å². The van der Waals surface area contributed by atoms with Crippen molar-refractivity contribution in [1.82, 2.24) is 20.6 Å². The second-order valence-corrected chi connectivity index (χ2v) is 10.0. The van der Waals surface area contributed by atoms with Gasteiger partial charge >= 0.3 is 6.03 Å². The van der Waals surface area contributed by atoms with Crippen molar-refractivity contribution in [2.45, 2.75) is 81.0 Å². The van der Waals surface area contributed by atoms with E-state index in [2.05, 4.69) is 20.6 Å². The molecule has 28 heavy (non-hydrogen) atoms. The predicted octanol–water partition coefficient (Wildman–Crippen LogP) is 4.21. The Bertz CT molecular complexity index is 876. The van der Waals surface area contributed by atoms with E-state index < -0.39 is 5.25 Å². The smallest absolute Gasteiger partial charge is 0.321 e. The van der Waals surface area contributed by atoms with Crippen molar-refractivity contribution in [2.24, 2.45) is 0 Å². The summed E-state index contributed by atoms with van der Waals surface area (Å²) in [5.41, 5.74) is 1.36. The van der Waals surface area contributed by atoms with Crippen LogP contribution in [0.3, 0.4) is 0 Å². The summed E-state index contributed by atoms with van der Waals surface area (Å²) in [7, 11) is 0. The van der Waals surface area contributed by atoms with Gasteiger partial charge in [0.1, 0.15) is 16.2 Å². The van der Waals surface area contributed by atoms with Crippen LogP contribution in [0.5, 0.6) is 0 Å². The molecule has 0 bridgehead atoms. The molecule has 8 heteroatoms. The number of fused-ring (bicyclic) bond motifs is 3. The van der Waals surface area contributed by atoms with Gasteiger partial charge in [-0.15, -0.1) is 11.3 Å². The van der Waals surface area contributed by atoms with Crippen molar-refractivity contribution in [2.75, 3.05) is 0 Å². The van der Waals surface area contributed by atoms with Crippen LogP contribution in [0.25, 0.3) is 10.2 Å². The molecule has 2 heterocycles. The average Bonchev–Trinajstić information content (AvgIpc) is 3.08. The number of aryl methyl sites for hydroxylation is 2. The third-order valence-corrected chi connectivity index (χ3v) is 7.85. The third kappa shape index (κ3) is 4.33. The van der Waals surface area contributed by atoms with E-state index in [1.54, 1.807) is 17.7 Å². The van der Waals surface area contributed by atoms with E-state index >= 15 is 0 Å². The summed E-state index contributed by atoms with van der Waals surface area (Å²) in [6, 6.07) is -0.201. The van der Waals surface area contributed by atoms with Crippen LogP contribution in [-0.2, 0) is 17.6 Å². The number of thiophene rings is 1. The molecule has 0 saturated heterocycles. The average molecular weight is 419 g/mol. The topological polar surface area (TPSA) is 84.0 Å². The van der Waals surface area contributed by atoms with Gasteiger partial charge in [-0.3, -0.25) is 10.1 Å². The number of nitrogens with zero attached hydrogens (tertiary/aromatic N) is 2. The monoisotopic (exact) mass is 418 g/mol. The fourth-order valence-electron chi connectivity index (χ4n) is 4.05. The lowest BCUT2D eigenvalue weighted by Gasteiger charge is -2.23. The quantitative estimate of drug-likeness (QED) is 0.574. The van der Waals surface area contributed by atoms with Gasteiger partial charge in [-0.1, -0.05) is 31.0 Å². The standard InChI is InChI=1S/C20H26N4O2S2/c1-12(17(25)24-20(26)23-13-7-3-2-4-8-13)27-18-16-14-9-5-6-10-15(14)28-19(16)22-11-21-18/h11-13H,2-10H2,1H3,(H2,23,24,25,26)/t12-/m1/s1. The molecule has 2 aromatic rings. The number of aromatic nitrogens is 2. The minimum atomic E-state index is -0.408. The van der Waals surface area contributed by atoms with E-state index in [1.807, 2.05) is 6.92 Å². The van der Waals surface area contributed by atoms with E-state index in [-0.39, 0.29) is 18.0 Å². The lowest BCUT2D eigenvalue weighted by atomic mass is 9.96. The first-order valence-electron chi connectivity index (χ1n) is 10.1. The zero-order chi connectivity index (χ0) is 19.5. The molecule has 2 aliphatic carbocycles. The van der Waals surface area contributed by atoms with Crippen molar-refractivity contribution < 1.29 is 9.59 Å². The lowest BCUT2D eigenvalue weighted by molar-refractivity contribution is -0.119. The number of carbonyl (C=O) groups excluding carboxylic acids is 2. The maximum atomic E-state index is 12.5. The van der Waals surface area contributed by atoms with E-state index in [1.165, 1.54) is 41.5 Å². The van der Waals surface area contributed by atoms with Gasteiger partial charge in [0.15, 0.2) is 0 Å². The maximum absolute atomic E-state index is 12.5. The SMILES string of the molecule is C[C@@H](Sc1ncnc2sc3c(c12)CCCC3)C(=O)NC(=O)NC1CCCCC1. The molecule has 0 aromatic carbocycles. The van der Waals surface area contributed by atoms with Gasteiger partial charge in [0.05, 0.1) is 5.25 Å². The number of thioether (sulfide) groups is 1. The first kappa shape index (κ1) is 19.6. The molecule has 1 atom stereocenters. The minimum absolute atomic E-state index is 0.184. The Morgan fingerprint density at radius 2 is 1.93 bits per heavy atom. The van der Waals surface area contributed by atoms with E-state index in [0.717, 1.165) is 53.8 Å². The number of hydrogen-bond donors (Lipinski definition) is 2. The lowest BCUT2D eigenvalue weighted by Crippen LogP contribution is -2.47. The van der Waals surface area contributed by atoms with Crippen LogP contribution in [0, 0.1) is 0 Å². The normalized spacial score (nSPS) is 18.5. The Hall–Kier alpha value is -1.67. The number of imide groups is 1. The number of urea groups is 1. The first-order valence-corrected chi connectivity index (χ1v) is 11.8. The molecule has 0 spiro atoms. The number of amides is 3. The molecule has 2 aliphatic rings. The second kappa shape index (κ2) is 8.78. The van der Waals surface area contributed by atoms with Crippen molar-refractivity contribution >= 4 is 45.3 Å². The fourth-order valence-corrected chi connectivity index (χ4v) is 6.29. The molecule has 2 aromatic heterocycles. The molecule has 0 unspecified atom stereocenters. The molecule has 150 valence electrons. The van der Waals surface area contributed by atoms with Crippen molar-refractivity contribution in [1.29, 1.82) is 0 Å². The summed E-state index contributed by atoms with van der Waals surface area (Å²) in [6.07, 6.45) is 11.7. The summed E-state index contributed by atoms with van der Waals surface area (Å²) in [4.78, 5) is 36.0. The van der Waals surface area contributed by atoms with E-state index in [4.69, 9.17) is 0 Å². The Kier molecular flexibility index (Phi) is 6.16. The molecule has 3 amide bonds. The highest BCUT2D eigenvalue weighted by atomic mass is 32.2. The van der Waals surface area contributed by atoms with Crippen LogP contribution in [0.1, 0.15) is 62.3 Å². The third-order valence-electron chi connectivity index (χ3n) is 5.55. The van der Waals surface area contributed by atoms with Crippen LogP contribution in [0.15, 0.2) is 11.4 Å². The zero-order valence-corrected chi connectivity index (χ0v) is 17.8. The Labute approximate surface area is 173 Å². The second-order valence-electron chi connectivity index (χ2n) is 7.63. The predicted molar refractivity (Wildman–Crippen MR) is 113 cm³/mol. The minimum Gasteiger partial charge on any atom is -0.335 e. The van der Waals surface area contributed by atoms with Gasteiger partial charge in [-0.25, -0.2) is 14.8 Å². The van der Waals surface area contributed by atoms with Crippen LogP contribution in [-0.4, -0.2) is 33.2 Å². The highest BCUT2D eigenvalue weighted by Gasteiger charge is 2.24. The molecule has 6 nitrogen and oxygen atoms in total. The van der Waals surface area contributed by atoms with Crippen molar-refractivity contribution in [3.8, 4) is 0 Å². The molecule has 1 fully saturated rings. The van der Waals surface area contributed by atoms with Gasteiger partial charge < -0.3 is 5.32 Å². The van der Waals surface area contributed by atoms with Crippen molar-refractivity contribution in [3.05, 3.63) is 16.8 Å². The Morgan fingerprint density at radius 1 is 1.14 bits per heavy atom. The highest BCUT2D eigenvalue weighted by Crippen LogP contribution is 2.40. The van der Waals surface area contributed by atoms with Gasteiger partial charge in [-0.2, -0.15) is 0 Å². The molecule has 4 rings (SSSR count). The summed E-state index contributed by atoms with van der Waals surface area (Å²) < 4.78 is 0. The Balaban J connectivity index is 1.41. The van der Waals surface area contributed by atoms with Crippen LogP contribution >= 0.6 is 23.1 Å². The largest absolute Gasteiger partial charge is 0.335 e. The summed E-state index contributed by atoms with van der Waals surface area (Å²) in [5, 5.41) is 6.98. The molecule has 0 aliphatic heterocycles. The maximum Gasteiger partial charge on any atom is 0.321 e. The summed E-state index contributed by atoms with van der Waals surface area (Å²) in [5.74, 6) is -0.283. The molecular formula is C20H26N4O2S2. The zero-order valence-electron chi connectivity index (χ0n) is 16.1. The number of rotatable bonds is 4. The summed E-state index contributed by atoms with van der Waals surface area (Å²) in [6.45, 7) is 1.82. The fraction of sp³-hybridized carbons (Fsp3) is 0.600. The van der Waals surface area contributed by atoms with Gasteiger partial charge in [0.2, 0.25) is 5.91 Å². The number of carbonyl (C=O) groups is 2. The molecule has 2 N–H and O–H groups in total. The van der Waals surface area contributed by atoms with E-state index in [9.17, 15) is 9.59 Å². The van der Waals surface area contributed by atoms with Crippen LogP contribution < -0.4 is 10.6 Å².